The molecule has 3 aromatic carbocycles. The summed E-state index contributed by atoms with van der Waals surface area (Å²) >= 11 is 5.99. The molecule has 0 aromatic heterocycles. The van der Waals surface area contributed by atoms with Crippen LogP contribution >= 0.6 is 11.6 Å². The predicted octanol–water partition coefficient (Wildman–Crippen LogP) is 5.53. The molecule has 41 heavy (non-hydrogen) atoms. The molecular formula is C32H29ClN2O6. The van der Waals surface area contributed by atoms with Gasteiger partial charge < -0.3 is 4.74 Å². The molecule has 1 aliphatic carbocycles. The Morgan fingerprint density at radius 2 is 1.41 bits per heavy atom. The number of carbonyl (C=O) groups is 5. The van der Waals surface area contributed by atoms with Gasteiger partial charge in [0.25, 0.3) is 17.7 Å². The van der Waals surface area contributed by atoms with Crippen molar-refractivity contribution in [2.24, 2.45) is 17.8 Å². The van der Waals surface area contributed by atoms with Crippen LogP contribution in [0.4, 0.5) is 0 Å². The maximum Gasteiger partial charge on any atom is 0.343 e. The number of rotatable bonds is 7. The summed E-state index contributed by atoms with van der Waals surface area (Å²) in [5.41, 5.74) is 1.81. The first-order valence-corrected chi connectivity index (χ1v) is 13.9. The molecule has 0 radical (unpaired) electrons. The van der Waals surface area contributed by atoms with Crippen molar-refractivity contribution in [3.8, 4) is 5.75 Å². The van der Waals surface area contributed by atoms with E-state index in [4.69, 9.17) is 16.3 Å². The van der Waals surface area contributed by atoms with Gasteiger partial charge in [0.05, 0.1) is 17.4 Å². The molecule has 3 atom stereocenters. The minimum Gasteiger partial charge on any atom is -0.423 e. The fourth-order valence-corrected chi connectivity index (χ4v) is 5.50. The third-order valence-corrected chi connectivity index (χ3v) is 7.95. The molecule has 1 heterocycles. The summed E-state index contributed by atoms with van der Waals surface area (Å²) in [6.45, 7) is 3.42. The Bertz CT molecular complexity index is 1500. The zero-order chi connectivity index (χ0) is 29.3. The predicted molar refractivity (Wildman–Crippen MR) is 151 cm³/mol. The zero-order valence-electron chi connectivity index (χ0n) is 22.7. The normalized spacial score (nSPS) is 20.0. The van der Waals surface area contributed by atoms with E-state index in [-0.39, 0.29) is 22.8 Å². The fraction of sp³-hybridized carbons (Fsp3) is 0.281. The molecule has 0 unspecified atom stereocenters. The van der Waals surface area contributed by atoms with Gasteiger partial charge in [-0.05, 0) is 92.8 Å². The summed E-state index contributed by atoms with van der Waals surface area (Å²) in [6.07, 6.45) is 1.94. The van der Waals surface area contributed by atoms with Gasteiger partial charge in [-0.1, -0.05) is 36.2 Å². The van der Waals surface area contributed by atoms with Crippen LogP contribution in [0.5, 0.6) is 5.75 Å². The standard InChI is InChI=1S/C32H29ClN2O6/c1-19-3-6-23(7-4-19)32(40)41-25-14-10-21(11-15-25)28(36)18-34(29(37)22-8-12-24(33)13-9-22)35-30(38)26-16-5-20(2)17-27(26)31(35)39/h3-4,6-15,20,26-27H,5,16-18H2,1-2H3/t20-,26+,27+/m0/s1. The van der Waals surface area contributed by atoms with Gasteiger partial charge in [0.2, 0.25) is 0 Å². The van der Waals surface area contributed by atoms with Crippen LogP contribution < -0.4 is 4.74 Å². The molecule has 0 spiro atoms. The molecule has 0 bridgehead atoms. The Balaban J connectivity index is 1.37. The first kappa shape index (κ1) is 28.2. The van der Waals surface area contributed by atoms with Gasteiger partial charge in [0, 0.05) is 16.1 Å². The number of amides is 3. The molecule has 9 heteroatoms. The second-order valence-corrected chi connectivity index (χ2v) is 11.1. The first-order chi connectivity index (χ1) is 19.6. The van der Waals surface area contributed by atoms with Crippen molar-refractivity contribution in [2.45, 2.75) is 33.1 Å². The number of benzene rings is 3. The SMILES string of the molecule is Cc1ccc(C(=O)Oc2ccc(C(=O)CN(C(=O)c3ccc(Cl)cc3)N3C(=O)[C@@H]4CC[C@H](C)C[C@H]4C3=O)cc2)cc1. The van der Waals surface area contributed by atoms with Crippen LogP contribution in [0.3, 0.4) is 0 Å². The van der Waals surface area contributed by atoms with Crippen molar-refractivity contribution in [2.75, 3.05) is 6.54 Å². The van der Waals surface area contributed by atoms with Crippen molar-refractivity contribution < 1.29 is 28.7 Å². The zero-order valence-corrected chi connectivity index (χ0v) is 23.5. The van der Waals surface area contributed by atoms with Crippen LogP contribution in [0.1, 0.15) is 62.8 Å². The topological polar surface area (TPSA) is 101 Å². The smallest absolute Gasteiger partial charge is 0.343 e. The van der Waals surface area contributed by atoms with Crippen LogP contribution in [0, 0.1) is 24.7 Å². The van der Waals surface area contributed by atoms with Gasteiger partial charge in [-0.15, -0.1) is 0 Å². The molecular weight excluding hydrogens is 544 g/mol. The molecule has 0 N–H and O–H groups in total. The van der Waals surface area contributed by atoms with Gasteiger partial charge in [-0.3, -0.25) is 19.2 Å². The van der Waals surface area contributed by atoms with Crippen LogP contribution in [-0.4, -0.2) is 46.0 Å². The average Bonchev–Trinajstić information content (AvgIpc) is 3.20. The Labute approximate surface area is 242 Å². The quantitative estimate of drug-likeness (QED) is 0.160. The monoisotopic (exact) mass is 572 g/mol. The van der Waals surface area contributed by atoms with E-state index in [2.05, 4.69) is 0 Å². The summed E-state index contributed by atoms with van der Waals surface area (Å²) in [5.74, 6) is -3.09. The molecule has 1 saturated carbocycles. The second kappa shape index (κ2) is 11.7. The Morgan fingerprint density at radius 1 is 0.829 bits per heavy atom. The number of nitrogens with zero attached hydrogens (tertiary/aromatic N) is 2. The maximum atomic E-state index is 13.6. The lowest BCUT2D eigenvalue weighted by Gasteiger charge is -2.30. The fourth-order valence-electron chi connectivity index (χ4n) is 5.38. The summed E-state index contributed by atoms with van der Waals surface area (Å²) in [5, 5.41) is 2.24. The highest BCUT2D eigenvalue weighted by atomic mass is 35.5. The molecule has 8 nitrogen and oxygen atoms in total. The Hall–Kier alpha value is -4.30. The van der Waals surface area contributed by atoms with Crippen molar-refractivity contribution in [3.63, 3.8) is 0 Å². The highest BCUT2D eigenvalue weighted by Crippen LogP contribution is 2.41. The summed E-state index contributed by atoms with van der Waals surface area (Å²) in [7, 11) is 0. The Morgan fingerprint density at radius 3 is 2.07 bits per heavy atom. The number of hydrogen-bond donors (Lipinski definition) is 0. The minimum atomic E-state index is -0.660. The number of halogens is 1. The van der Waals surface area contributed by atoms with Gasteiger partial charge >= 0.3 is 5.97 Å². The van der Waals surface area contributed by atoms with Crippen molar-refractivity contribution >= 4 is 41.1 Å². The lowest BCUT2D eigenvalue weighted by Crippen LogP contribution is -2.52. The van der Waals surface area contributed by atoms with E-state index in [1.54, 1.807) is 24.3 Å². The highest BCUT2D eigenvalue weighted by Gasteiger charge is 2.52. The number of hydrogen-bond acceptors (Lipinski definition) is 6. The number of ether oxygens (including phenoxy) is 1. The van der Waals surface area contributed by atoms with Gasteiger partial charge in [0.1, 0.15) is 12.3 Å². The number of Topliss-reactive ketones (excluding diaryl/α,β-unsaturated/α-hetero) is 1. The number of fused-ring (bicyclic) bond motifs is 1. The van der Waals surface area contributed by atoms with E-state index in [1.807, 2.05) is 13.8 Å². The Kier molecular flexibility index (Phi) is 8.03. The lowest BCUT2D eigenvalue weighted by atomic mass is 9.76. The molecule has 2 fully saturated rings. The first-order valence-electron chi connectivity index (χ1n) is 13.5. The number of imide groups is 1. The second-order valence-electron chi connectivity index (χ2n) is 10.7. The molecule has 2 aliphatic rings. The van der Waals surface area contributed by atoms with Crippen molar-refractivity contribution in [3.05, 3.63) is 100 Å². The average molecular weight is 573 g/mol. The van der Waals surface area contributed by atoms with E-state index in [0.717, 1.165) is 22.0 Å². The minimum absolute atomic E-state index is 0.185. The number of esters is 1. The molecule has 5 rings (SSSR count). The van der Waals surface area contributed by atoms with Gasteiger partial charge in [-0.25, -0.2) is 9.80 Å². The summed E-state index contributed by atoms with van der Waals surface area (Å²) in [4.78, 5) is 66.3. The number of carbonyl (C=O) groups excluding carboxylic acids is 5. The largest absolute Gasteiger partial charge is 0.423 e. The third kappa shape index (κ3) is 5.93. The van der Waals surface area contributed by atoms with E-state index >= 15 is 0 Å². The van der Waals surface area contributed by atoms with Crippen LogP contribution in [0.25, 0.3) is 0 Å². The van der Waals surface area contributed by atoms with Crippen LogP contribution in [-0.2, 0) is 9.59 Å². The van der Waals surface area contributed by atoms with Gasteiger partial charge in [-0.2, -0.15) is 5.01 Å². The van der Waals surface area contributed by atoms with Crippen molar-refractivity contribution in [1.82, 2.24) is 10.0 Å². The highest BCUT2D eigenvalue weighted by molar-refractivity contribution is 6.30. The van der Waals surface area contributed by atoms with E-state index in [9.17, 15) is 24.0 Å². The maximum absolute atomic E-state index is 13.6. The number of ketones is 1. The van der Waals surface area contributed by atoms with E-state index in [0.29, 0.717) is 23.4 Å². The molecule has 1 saturated heterocycles. The molecule has 1 aliphatic heterocycles. The lowest BCUT2D eigenvalue weighted by molar-refractivity contribution is -0.154. The van der Waals surface area contributed by atoms with Gasteiger partial charge in [0.15, 0.2) is 5.78 Å². The van der Waals surface area contributed by atoms with Crippen LogP contribution in [0.15, 0.2) is 72.8 Å². The van der Waals surface area contributed by atoms with Crippen LogP contribution in [0.2, 0.25) is 5.02 Å². The van der Waals surface area contributed by atoms with E-state index < -0.39 is 47.9 Å². The summed E-state index contributed by atoms with van der Waals surface area (Å²) in [6, 6.07) is 18.9. The summed E-state index contributed by atoms with van der Waals surface area (Å²) < 4.78 is 5.41. The van der Waals surface area contributed by atoms with Crippen molar-refractivity contribution in [1.29, 1.82) is 0 Å². The number of aryl methyl sites for hydroxylation is 1. The molecule has 210 valence electrons. The third-order valence-electron chi connectivity index (χ3n) is 7.70. The van der Waals surface area contributed by atoms with E-state index in [1.165, 1.54) is 48.5 Å². The number of hydrazine groups is 1. The molecule has 3 aromatic rings. The molecule has 3 amide bonds.